The fraction of sp³-hybridized carbons (Fsp3) is 1.00. The van der Waals surface area contributed by atoms with Gasteiger partial charge in [0.1, 0.15) is 0 Å². The first-order valence-corrected chi connectivity index (χ1v) is 6.06. The number of piperidine rings is 1. The summed E-state index contributed by atoms with van der Waals surface area (Å²) in [4.78, 5) is 2.63. The maximum atomic E-state index is 5.48. The lowest BCUT2D eigenvalue weighted by atomic mass is 9.84. The highest BCUT2D eigenvalue weighted by molar-refractivity contribution is 4.79. The lowest BCUT2D eigenvalue weighted by Crippen LogP contribution is -2.40. The molecular formula is C12H26N2. The van der Waals surface area contributed by atoms with Crippen molar-refractivity contribution >= 4 is 0 Å². The molecular weight excluding hydrogens is 172 g/mol. The summed E-state index contributed by atoms with van der Waals surface area (Å²) < 4.78 is 0. The SMILES string of the molecule is CC1(C)CCCN(CCCCCN)C1. The maximum Gasteiger partial charge on any atom is 0.00327 e. The normalized spacial score (nSPS) is 22.5. The summed E-state index contributed by atoms with van der Waals surface area (Å²) in [6.45, 7) is 9.51. The van der Waals surface area contributed by atoms with E-state index >= 15 is 0 Å². The Balaban J connectivity index is 2.12. The number of nitrogens with two attached hydrogens (primary N) is 1. The first-order chi connectivity index (χ1) is 6.64. The van der Waals surface area contributed by atoms with Gasteiger partial charge < -0.3 is 10.6 Å². The molecule has 84 valence electrons. The van der Waals surface area contributed by atoms with Crippen LogP contribution in [0.15, 0.2) is 0 Å². The van der Waals surface area contributed by atoms with Crippen molar-refractivity contribution in [1.29, 1.82) is 0 Å². The fourth-order valence-electron chi connectivity index (χ4n) is 2.39. The molecule has 0 aromatic rings. The van der Waals surface area contributed by atoms with Gasteiger partial charge in [-0.2, -0.15) is 0 Å². The lowest BCUT2D eigenvalue weighted by Gasteiger charge is -2.38. The lowest BCUT2D eigenvalue weighted by molar-refractivity contribution is 0.116. The van der Waals surface area contributed by atoms with Gasteiger partial charge in [-0.25, -0.2) is 0 Å². The Morgan fingerprint density at radius 3 is 2.64 bits per heavy atom. The van der Waals surface area contributed by atoms with Crippen LogP contribution < -0.4 is 5.73 Å². The first-order valence-electron chi connectivity index (χ1n) is 6.06. The largest absolute Gasteiger partial charge is 0.330 e. The van der Waals surface area contributed by atoms with Gasteiger partial charge in [0.15, 0.2) is 0 Å². The summed E-state index contributed by atoms with van der Waals surface area (Å²) >= 11 is 0. The van der Waals surface area contributed by atoms with Gasteiger partial charge >= 0.3 is 0 Å². The van der Waals surface area contributed by atoms with E-state index in [1.807, 2.05) is 0 Å². The van der Waals surface area contributed by atoms with Crippen molar-refractivity contribution in [3.63, 3.8) is 0 Å². The van der Waals surface area contributed by atoms with Crippen LogP contribution in [-0.2, 0) is 0 Å². The molecule has 0 spiro atoms. The van der Waals surface area contributed by atoms with Gasteiger partial charge in [-0.3, -0.25) is 0 Å². The molecule has 0 aliphatic carbocycles. The molecule has 0 amide bonds. The Hall–Kier alpha value is -0.0800. The van der Waals surface area contributed by atoms with Crippen LogP contribution >= 0.6 is 0 Å². The second-order valence-electron chi connectivity index (χ2n) is 5.39. The minimum Gasteiger partial charge on any atom is -0.330 e. The minimum atomic E-state index is 0.548. The van der Waals surface area contributed by atoms with E-state index in [2.05, 4.69) is 18.7 Å². The third kappa shape index (κ3) is 4.43. The molecule has 1 aliphatic heterocycles. The Morgan fingerprint density at radius 2 is 2.00 bits per heavy atom. The highest BCUT2D eigenvalue weighted by Gasteiger charge is 2.25. The summed E-state index contributed by atoms with van der Waals surface area (Å²) in [5.41, 5.74) is 6.02. The van der Waals surface area contributed by atoms with Crippen LogP contribution in [0, 0.1) is 5.41 Å². The predicted octanol–water partition coefficient (Wildman–Crippen LogP) is 2.24. The van der Waals surface area contributed by atoms with E-state index in [0.717, 1.165) is 6.54 Å². The summed E-state index contributed by atoms with van der Waals surface area (Å²) in [7, 11) is 0. The molecule has 1 fully saturated rings. The van der Waals surface area contributed by atoms with Gasteiger partial charge in [-0.1, -0.05) is 20.3 Å². The van der Waals surface area contributed by atoms with Crippen LogP contribution in [0.5, 0.6) is 0 Å². The topological polar surface area (TPSA) is 29.3 Å². The monoisotopic (exact) mass is 198 g/mol. The zero-order valence-electron chi connectivity index (χ0n) is 9.89. The Bertz CT molecular complexity index is 154. The maximum absolute atomic E-state index is 5.48. The summed E-state index contributed by atoms with van der Waals surface area (Å²) in [6.07, 6.45) is 6.59. The van der Waals surface area contributed by atoms with Gasteiger partial charge in [-0.05, 0) is 50.7 Å². The molecule has 1 heterocycles. The molecule has 0 bridgehead atoms. The van der Waals surface area contributed by atoms with Gasteiger partial charge in [-0.15, -0.1) is 0 Å². The van der Waals surface area contributed by atoms with E-state index in [9.17, 15) is 0 Å². The molecule has 2 nitrogen and oxygen atoms in total. The van der Waals surface area contributed by atoms with E-state index < -0.39 is 0 Å². The Kier molecular flexibility index (Phi) is 4.90. The third-order valence-corrected chi connectivity index (χ3v) is 3.16. The van der Waals surface area contributed by atoms with Crippen molar-refractivity contribution in [2.75, 3.05) is 26.2 Å². The molecule has 1 saturated heterocycles. The Labute approximate surface area is 88.8 Å². The summed E-state index contributed by atoms with van der Waals surface area (Å²) in [5.74, 6) is 0. The zero-order chi connectivity index (χ0) is 10.4. The number of rotatable bonds is 5. The molecule has 2 heteroatoms. The van der Waals surface area contributed by atoms with Crippen LogP contribution in [0.25, 0.3) is 0 Å². The van der Waals surface area contributed by atoms with Crippen LogP contribution in [0.4, 0.5) is 0 Å². The van der Waals surface area contributed by atoms with Crippen molar-refractivity contribution in [2.24, 2.45) is 11.1 Å². The van der Waals surface area contributed by atoms with Crippen LogP contribution in [-0.4, -0.2) is 31.1 Å². The smallest absolute Gasteiger partial charge is 0.00327 e. The quantitative estimate of drug-likeness (QED) is 0.686. The van der Waals surface area contributed by atoms with Gasteiger partial charge in [0.2, 0.25) is 0 Å². The standard InChI is InChI=1S/C12H26N2/c1-12(2)7-6-10-14(11-12)9-5-3-4-8-13/h3-11,13H2,1-2H3. The van der Waals surface area contributed by atoms with Crippen molar-refractivity contribution < 1.29 is 0 Å². The average Bonchev–Trinajstić information content (AvgIpc) is 2.11. The van der Waals surface area contributed by atoms with E-state index in [-0.39, 0.29) is 0 Å². The van der Waals surface area contributed by atoms with Gasteiger partial charge in [0.05, 0.1) is 0 Å². The summed E-state index contributed by atoms with van der Waals surface area (Å²) in [5, 5.41) is 0. The van der Waals surface area contributed by atoms with Crippen molar-refractivity contribution in [1.82, 2.24) is 4.90 Å². The average molecular weight is 198 g/mol. The van der Waals surface area contributed by atoms with Gasteiger partial charge in [0.25, 0.3) is 0 Å². The molecule has 1 rings (SSSR count). The molecule has 0 unspecified atom stereocenters. The first kappa shape index (κ1) is 12.0. The Morgan fingerprint density at radius 1 is 1.21 bits per heavy atom. The second kappa shape index (κ2) is 5.72. The number of hydrogen-bond donors (Lipinski definition) is 1. The van der Waals surface area contributed by atoms with Crippen LogP contribution in [0.1, 0.15) is 46.0 Å². The number of likely N-dealkylation sites (tertiary alicyclic amines) is 1. The number of hydrogen-bond acceptors (Lipinski definition) is 2. The molecule has 0 atom stereocenters. The molecule has 0 saturated carbocycles. The van der Waals surface area contributed by atoms with Gasteiger partial charge in [0, 0.05) is 6.54 Å². The number of nitrogens with zero attached hydrogens (tertiary/aromatic N) is 1. The zero-order valence-corrected chi connectivity index (χ0v) is 9.89. The molecule has 1 aliphatic rings. The molecule has 0 radical (unpaired) electrons. The fourth-order valence-corrected chi connectivity index (χ4v) is 2.39. The van der Waals surface area contributed by atoms with E-state index in [4.69, 9.17) is 5.73 Å². The third-order valence-electron chi connectivity index (χ3n) is 3.16. The highest BCUT2D eigenvalue weighted by atomic mass is 15.1. The van der Waals surface area contributed by atoms with Crippen LogP contribution in [0.2, 0.25) is 0 Å². The van der Waals surface area contributed by atoms with Crippen molar-refractivity contribution in [2.45, 2.75) is 46.0 Å². The highest BCUT2D eigenvalue weighted by Crippen LogP contribution is 2.28. The van der Waals surface area contributed by atoms with Crippen molar-refractivity contribution in [3.8, 4) is 0 Å². The van der Waals surface area contributed by atoms with E-state index in [1.54, 1.807) is 0 Å². The second-order valence-corrected chi connectivity index (χ2v) is 5.39. The number of unbranched alkanes of at least 4 members (excludes halogenated alkanes) is 2. The predicted molar refractivity (Wildman–Crippen MR) is 62.4 cm³/mol. The van der Waals surface area contributed by atoms with E-state index in [0.29, 0.717) is 5.41 Å². The molecule has 0 aromatic heterocycles. The van der Waals surface area contributed by atoms with Crippen molar-refractivity contribution in [3.05, 3.63) is 0 Å². The molecule has 0 aromatic carbocycles. The minimum absolute atomic E-state index is 0.548. The molecule has 14 heavy (non-hydrogen) atoms. The summed E-state index contributed by atoms with van der Waals surface area (Å²) in [6, 6.07) is 0. The molecule has 2 N–H and O–H groups in total. The van der Waals surface area contributed by atoms with E-state index in [1.165, 1.54) is 51.7 Å². The van der Waals surface area contributed by atoms with Crippen LogP contribution in [0.3, 0.4) is 0 Å².